The average molecular weight is 375 g/mol. The van der Waals surface area contributed by atoms with Gasteiger partial charge in [-0.2, -0.15) is 0 Å². The fourth-order valence-electron chi connectivity index (χ4n) is 2.39. The number of hydrogen-bond acceptors (Lipinski definition) is 6. The van der Waals surface area contributed by atoms with Crippen LogP contribution >= 0.6 is 24.0 Å². The number of thioether (sulfide) groups is 1. The Morgan fingerprint density at radius 1 is 1.32 bits per heavy atom. The summed E-state index contributed by atoms with van der Waals surface area (Å²) in [7, 11) is 1.59. The molecule has 1 saturated heterocycles. The van der Waals surface area contributed by atoms with Gasteiger partial charge in [-0.15, -0.1) is 0 Å². The van der Waals surface area contributed by atoms with E-state index in [-0.39, 0.29) is 5.91 Å². The number of rotatable bonds is 6. The van der Waals surface area contributed by atoms with Crippen molar-refractivity contribution in [1.29, 1.82) is 0 Å². The monoisotopic (exact) mass is 375 g/mol. The highest BCUT2D eigenvalue weighted by Gasteiger charge is 2.32. The zero-order valence-corrected chi connectivity index (χ0v) is 15.5. The number of furan rings is 1. The highest BCUT2D eigenvalue weighted by molar-refractivity contribution is 8.26. The Bertz CT molecular complexity index is 814. The van der Waals surface area contributed by atoms with Crippen LogP contribution in [0.2, 0.25) is 0 Å². The second-order valence-electron chi connectivity index (χ2n) is 5.19. The molecule has 1 aliphatic rings. The van der Waals surface area contributed by atoms with Crippen LogP contribution in [0.5, 0.6) is 11.5 Å². The molecule has 0 N–H and O–H groups in total. The lowest BCUT2D eigenvalue weighted by molar-refractivity contribution is -0.122. The van der Waals surface area contributed by atoms with E-state index >= 15 is 0 Å². The summed E-state index contributed by atoms with van der Waals surface area (Å²) < 4.78 is 16.7. The van der Waals surface area contributed by atoms with E-state index in [1.54, 1.807) is 25.5 Å². The summed E-state index contributed by atoms with van der Waals surface area (Å²) in [6.45, 7) is 2.81. The van der Waals surface area contributed by atoms with Crippen molar-refractivity contribution in [1.82, 2.24) is 4.90 Å². The molecule has 1 aliphatic heterocycles. The number of ether oxygens (including phenoxy) is 2. The van der Waals surface area contributed by atoms with E-state index in [9.17, 15) is 4.79 Å². The zero-order chi connectivity index (χ0) is 17.8. The fraction of sp³-hybridized carbons (Fsp3) is 0.222. The number of carbonyl (C=O) groups excluding carboxylic acids is 1. The molecule has 1 fully saturated rings. The first-order valence-electron chi connectivity index (χ1n) is 7.71. The molecule has 0 bridgehead atoms. The number of carbonyl (C=O) groups is 1. The molecule has 130 valence electrons. The molecule has 5 nitrogen and oxygen atoms in total. The SMILES string of the molecule is CCOc1ccc(/C=C2\SC(=S)N(Cc3ccco3)C2=O)cc1OC. The summed E-state index contributed by atoms with van der Waals surface area (Å²) >= 11 is 6.61. The lowest BCUT2D eigenvalue weighted by Gasteiger charge is -2.12. The molecule has 3 rings (SSSR count). The van der Waals surface area contributed by atoms with E-state index in [1.807, 2.05) is 31.2 Å². The summed E-state index contributed by atoms with van der Waals surface area (Å²) in [5, 5.41) is 0. The predicted octanol–water partition coefficient (Wildman–Crippen LogP) is 4.09. The average Bonchev–Trinajstić information content (AvgIpc) is 3.21. The van der Waals surface area contributed by atoms with Crippen LogP contribution in [-0.4, -0.2) is 28.8 Å². The maximum Gasteiger partial charge on any atom is 0.266 e. The first-order valence-corrected chi connectivity index (χ1v) is 8.93. The smallest absolute Gasteiger partial charge is 0.266 e. The minimum Gasteiger partial charge on any atom is -0.493 e. The maximum atomic E-state index is 12.6. The van der Waals surface area contributed by atoms with Crippen LogP contribution in [0.1, 0.15) is 18.2 Å². The standard InChI is InChI=1S/C18H17NO4S2/c1-3-22-14-7-6-12(9-15(14)21-2)10-16-17(20)19(18(24)25-16)11-13-5-4-8-23-13/h4-10H,3,11H2,1-2H3/b16-10-. The van der Waals surface area contributed by atoms with Crippen molar-refractivity contribution in [3.05, 3.63) is 52.8 Å². The molecule has 1 aromatic carbocycles. The molecule has 2 heterocycles. The van der Waals surface area contributed by atoms with Gasteiger partial charge >= 0.3 is 0 Å². The van der Waals surface area contributed by atoms with E-state index in [0.29, 0.717) is 39.6 Å². The molecule has 2 aromatic rings. The number of thiocarbonyl (C=S) groups is 1. The Kier molecular flexibility index (Phi) is 5.45. The number of hydrogen-bond donors (Lipinski definition) is 0. The Morgan fingerprint density at radius 2 is 2.16 bits per heavy atom. The molecule has 0 unspecified atom stereocenters. The van der Waals surface area contributed by atoms with Crippen molar-refractivity contribution in [2.75, 3.05) is 13.7 Å². The number of benzene rings is 1. The van der Waals surface area contributed by atoms with Crippen LogP contribution < -0.4 is 9.47 Å². The third-order valence-corrected chi connectivity index (χ3v) is 4.93. The molecule has 0 spiro atoms. The third kappa shape index (κ3) is 3.88. The van der Waals surface area contributed by atoms with Crippen LogP contribution in [-0.2, 0) is 11.3 Å². The molecule has 1 aromatic heterocycles. The molecule has 25 heavy (non-hydrogen) atoms. The summed E-state index contributed by atoms with van der Waals surface area (Å²) in [5.74, 6) is 1.87. The fourth-order valence-corrected chi connectivity index (χ4v) is 3.65. The summed E-state index contributed by atoms with van der Waals surface area (Å²) in [4.78, 5) is 14.7. The molecule has 0 atom stereocenters. The Labute approximate surface area is 155 Å². The van der Waals surface area contributed by atoms with E-state index < -0.39 is 0 Å². The van der Waals surface area contributed by atoms with Crippen molar-refractivity contribution in [2.45, 2.75) is 13.5 Å². The van der Waals surface area contributed by atoms with Gasteiger partial charge in [-0.05, 0) is 42.8 Å². The Morgan fingerprint density at radius 3 is 2.84 bits per heavy atom. The van der Waals surface area contributed by atoms with Gasteiger partial charge in [-0.25, -0.2) is 0 Å². The molecular weight excluding hydrogens is 358 g/mol. The molecule has 1 amide bonds. The van der Waals surface area contributed by atoms with Crippen LogP contribution in [0.4, 0.5) is 0 Å². The van der Waals surface area contributed by atoms with Gasteiger partial charge in [-0.1, -0.05) is 30.0 Å². The van der Waals surface area contributed by atoms with Gasteiger partial charge in [0.2, 0.25) is 0 Å². The molecule has 0 radical (unpaired) electrons. The first-order chi connectivity index (χ1) is 12.1. The van der Waals surface area contributed by atoms with Gasteiger partial charge in [0.15, 0.2) is 11.5 Å². The highest BCUT2D eigenvalue weighted by Crippen LogP contribution is 2.35. The van der Waals surface area contributed by atoms with Crippen molar-refractivity contribution in [2.24, 2.45) is 0 Å². The summed E-state index contributed by atoms with van der Waals surface area (Å²) in [6.07, 6.45) is 3.38. The van der Waals surface area contributed by atoms with Gasteiger partial charge in [0, 0.05) is 0 Å². The topological polar surface area (TPSA) is 51.9 Å². The highest BCUT2D eigenvalue weighted by atomic mass is 32.2. The lowest BCUT2D eigenvalue weighted by atomic mass is 10.2. The molecule has 7 heteroatoms. The van der Waals surface area contributed by atoms with Crippen molar-refractivity contribution < 1.29 is 18.7 Å². The van der Waals surface area contributed by atoms with E-state index in [0.717, 1.165) is 5.56 Å². The minimum atomic E-state index is -0.126. The lowest BCUT2D eigenvalue weighted by Crippen LogP contribution is -2.27. The number of methoxy groups -OCH3 is 1. The quantitative estimate of drug-likeness (QED) is 0.560. The van der Waals surface area contributed by atoms with Crippen LogP contribution in [0, 0.1) is 0 Å². The van der Waals surface area contributed by atoms with Gasteiger partial charge in [0.25, 0.3) is 5.91 Å². The zero-order valence-electron chi connectivity index (χ0n) is 13.9. The van der Waals surface area contributed by atoms with Crippen LogP contribution in [0.3, 0.4) is 0 Å². The van der Waals surface area contributed by atoms with Crippen molar-refractivity contribution in [3.8, 4) is 11.5 Å². The summed E-state index contributed by atoms with van der Waals surface area (Å²) in [6, 6.07) is 9.16. The van der Waals surface area contributed by atoms with Gasteiger partial charge < -0.3 is 13.9 Å². The first kappa shape index (κ1) is 17.6. The van der Waals surface area contributed by atoms with Gasteiger partial charge in [-0.3, -0.25) is 9.69 Å². The third-order valence-electron chi connectivity index (χ3n) is 3.55. The van der Waals surface area contributed by atoms with Gasteiger partial charge in [0.05, 0.1) is 31.4 Å². The minimum absolute atomic E-state index is 0.126. The second-order valence-corrected chi connectivity index (χ2v) is 6.87. The molecule has 0 saturated carbocycles. The maximum absolute atomic E-state index is 12.6. The molecular formula is C18H17NO4S2. The Balaban J connectivity index is 1.82. The van der Waals surface area contributed by atoms with Crippen molar-refractivity contribution in [3.63, 3.8) is 0 Å². The largest absolute Gasteiger partial charge is 0.493 e. The van der Waals surface area contributed by atoms with E-state index in [4.69, 9.17) is 26.1 Å². The summed E-state index contributed by atoms with van der Waals surface area (Å²) in [5.41, 5.74) is 0.846. The van der Waals surface area contributed by atoms with E-state index in [2.05, 4.69) is 0 Å². The number of amides is 1. The van der Waals surface area contributed by atoms with Gasteiger partial charge in [0.1, 0.15) is 10.1 Å². The predicted molar refractivity (Wildman–Crippen MR) is 102 cm³/mol. The molecule has 0 aliphatic carbocycles. The Hall–Kier alpha value is -2.25. The number of nitrogens with zero attached hydrogens (tertiary/aromatic N) is 1. The van der Waals surface area contributed by atoms with Crippen LogP contribution in [0.15, 0.2) is 45.9 Å². The van der Waals surface area contributed by atoms with Crippen molar-refractivity contribution >= 4 is 40.3 Å². The second kappa shape index (κ2) is 7.76. The van der Waals surface area contributed by atoms with E-state index in [1.165, 1.54) is 16.7 Å². The van der Waals surface area contributed by atoms with Crippen LogP contribution in [0.25, 0.3) is 6.08 Å². The normalized spacial score (nSPS) is 15.9.